The topological polar surface area (TPSA) is 93.1 Å². The highest BCUT2D eigenvalue weighted by Gasteiger charge is 2.32. The Morgan fingerprint density at radius 3 is 1.86 bits per heavy atom. The minimum Gasteiger partial charge on any atom is -0.464 e. The van der Waals surface area contributed by atoms with E-state index < -0.39 is 11.5 Å². The number of ketones is 1. The van der Waals surface area contributed by atoms with E-state index in [1.807, 2.05) is 0 Å². The average molecular weight is 401 g/mol. The van der Waals surface area contributed by atoms with Gasteiger partial charge in [-0.25, -0.2) is 4.79 Å². The maximum atomic E-state index is 11.9. The Kier molecular flexibility index (Phi) is 19.3. The molecule has 0 aliphatic carbocycles. The Hall–Kier alpha value is -1.50. The molecule has 0 saturated carbocycles. The molecule has 0 saturated heterocycles. The lowest BCUT2D eigenvalue weighted by Crippen LogP contribution is -2.29. The molecular formula is C22H40O6. The Morgan fingerprint density at radius 2 is 1.50 bits per heavy atom. The van der Waals surface area contributed by atoms with Crippen LogP contribution in [0.15, 0.2) is 25.3 Å². The first-order chi connectivity index (χ1) is 13.3. The molecule has 2 N–H and O–H groups in total. The van der Waals surface area contributed by atoms with Crippen LogP contribution >= 0.6 is 0 Å². The molecule has 0 aromatic heterocycles. The Balaban J connectivity index is 0. The molecular weight excluding hydrogens is 360 g/mol. The third-order valence-electron chi connectivity index (χ3n) is 4.61. The quantitative estimate of drug-likeness (QED) is 0.234. The number of hydrogen-bond donors (Lipinski definition) is 2. The minimum atomic E-state index is -0.561. The second kappa shape index (κ2) is 18.8. The van der Waals surface area contributed by atoms with Gasteiger partial charge < -0.3 is 19.7 Å². The van der Waals surface area contributed by atoms with Gasteiger partial charge in [0.15, 0.2) is 6.10 Å². The summed E-state index contributed by atoms with van der Waals surface area (Å²) in [6.45, 7) is 11.5. The van der Waals surface area contributed by atoms with Crippen LogP contribution in [0.5, 0.6) is 0 Å². The van der Waals surface area contributed by atoms with Gasteiger partial charge in [0, 0.05) is 25.7 Å². The summed E-state index contributed by atoms with van der Waals surface area (Å²) in [5, 5.41) is 16.6. The lowest BCUT2D eigenvalue weighted by Gasteiger charge is -2.29. The molecule has 6 heteroatoms. The van der Waals surface area contributed by atoms with E-state index in [-0.39, 0.29) is 31.6 Å². The predicted molar refractivity (Wildman–Crippen MR) is 112 cm³/mol. The molecule has 0 aromatic carbocycles. The van der Waals surface area contributed by atoms with Crippen LogP contribution in [-0.2, 0) is 19.1 Å². The predicted octanol–water partition coefficient (Wildman–Crippen LogP) is 3.60. The number of esters is 1. The molecule has 0 aliphatic rings. The molecule has 0 unspecified atom stereocenters. The number of Topliss-reactive ketones (excluding diaryl/α,β-unsaturated/α-hetero) is 1. The van der Waals surface area contributed by atoms with Gasteiger partial charge in [-0.2, -0.15) is 0 Å². The summed E-state index contributed by atoms with van der Waals surface area (Å²) in [6.07, 6.45) is 9.27. The monoisotopic (exact) mass is 400 g/mol. The van der Waals surface area contributed by atoms with Crippen LogP contribution in [0.2, 0.25) is 0 Å². The van der Waals surface area contributed by atoms with Gasteiger partial charge in [0.1, 0.15) is 5.78 Å². The molecule has 0 heterocycles. The van der Waals surface area contributed by atoms with Crippen molar-refractivity contribution in [3.8, 4) is 0 Å². The first-order valence-electron chi connectivity index (χ1n) is 9.99. The van der Waals surface area contributed by atoms with Crippen LogP contribution in [-0.4, -0.2) is 55.0 Å². The van der Waals surface area contributed by atoms with E-state index in [9.17, 15) is 9.59 Å². The maximum absolute atomic E-state index is 11.9. The first-order valence-corrected chi connectivity index (χ1v) is 9.99. The van der Waals surface area contributed by atoms with Gasteiger partial charge in [-0.1, -0.05) is 25.0 Å². The summed E-state index contributed by atoms with van der Waals surface area (Å²) in [4.78, 5) is 23.3. The molecule has 1 atom stereocenters. The van der Waals surface area contributed by atoms with Crippen LogP contribution in [0.1, 0.15) is 65.2 Å². The van der Waals surface area contributed by atoms with E-state index in [1.54, 1.807) is 26.0 Å². The summed E-state index contributed by atoms with van der Waals surface area (Å²) >= 11 is 0. The molecule has 6 nitrogen and oxygen atoms in total. The van der Waals surface area contributed by atoms with E-state index in [0.29, 0.717) is 25.7 Å². The zero-order valence-electron chi connectivity index (χ0n) is 18.0. The van der Waals surface area contributed by atoms with Crippen molar-refractivity contribution in [2.75, 3.05) is 26.9 Å². The Bertz CT molecular complexity index is 417. The van der Waals surface area contributed by atoms with Crippen LogP contribution in [0.4, 0.5) is 0 Å². The molecule has 0 rings (SSSR count). The fourth-order valence-electron chi connectivity index (χ4n) is 2.68. The smallest absolute Gasteiger partial charge is 0.334 e. The second-order valence-electron chi connectivity index (χ2n) is 6.83. The van der Waals surface area contributed by atoms with Gasteiger partial charge >= 0.3 is 5.97 Å². The van der Waals surface area contributed by atoms with Crippen molar-refractivity contribution in [3.63, 3.8) is 0 Å². The lowest BCUT2D eigenvalue weighted by molar-refractivity contribution is -0.154. The highest BCUT2D eigenvalue weighted by molar-refractivity contribution is 5.82. The summed E-state index contributed by atoms with van der Waals surface area (Å²) in [5.74, 6) is -0.262. The number of carbonyl (C=O) groups excluding carboxylic acids is 2. The van der Waals surface area contributed by atoms with Crippen molar-refractivity contribution in [3.05, 3.63) is 25.3 Å². The van der Waals surface area contributed by atoms with E-state index in [0.717, 1.165) is 25.7 Å². The van der Waals surface area contributed by atoms with Crippen molar-refractivity contribution in [2.45, 2.75) is 71.3 Å². The largest absolute Gasteiger partial charge is 0.464 e. The minimum absolute atomic E-state index is 0.119. The number of unbranched alkanes of at least 4 members (excludes halogenated alkanes) is 3. The fraction of sp³-hybridized carbons (Fsp3) is 0.727. The SMILES string of the molecule is C=CCC(CC=C)(CCCOC(=O)[C@@H](C)OC)C(C)=O.OCCCCCCO. The molecule has 0 aliphatic heterocycles. The van der Waals surface area contributed by atoms with Crippen molar-refractivity contribution < 1.29 is 29.3 Å². The molecule has 28 heavy (non-hydrogen) atoms. The van der Waals surface area contributed by atoms with E-state index in [4.69, 9.17) is 19.7 Å². The van der Waals surface area contributed by atoms with Crippen molar-refractivity contribution in [1.29, 1.82) is 0 Å². The number of allylic oxidation sites excluding steroid dienone is 2. The molecule has 164 valence electrons. The van der Waals surface area contributed by atoms with E-state index >= 15 is 0 Å². The number of carbonyl (C=O) groups is 2. The van der Waals surface area contributed by atoms with E-state index in [2.05, 4.69) is 13.2 Å². The van der Waals surface area contributed by atoms with Crippen molar-refractivity contribution in [2.24, 2.45) is 5.41 Å². The van der Waals surface area contributed by atoms with Gasteiger partial charge in [0.2, 0.25) is 0 Å². The van der Waals surface area contributed by atoms with Gasteiger partial charge in [-0.3, -0.25) is 4.79 Å². The summed E-state index contributed by atoms with van der Waals surface area (Å²) in [5.41, 5.74) is -0.469. The third kappa shape index (κ3) is 13.6. The molecule has 0 aromatic rings. The molecule has 0 fully saturated rings. The molecule has 0 radical (unpaired) electrons. The van der Waals surface area contributed by atoms with Gasteiger partial charge in [0.05, 0.1) is 6.61 Å². The normalized spacial score (nSPS) is 11.8. The van der Waals surface area contributed by atoms with Crippen molar-refractivity contribution in [1.82, 2.24) is 0 Å². The summed E-state index contributed by atoms with van der Waals surface area (Å²) in [6, 6.07) is 0. The van der Waals surface area contributed by atoms with Crippen LogP contribution < -0.4 is 0 Å². The lowest BCUT2D eigenvalue weighted by atomic mass is 9.74. The van der Waals surface area contributed by atoms with E-state index in [1.165, 1.54) is 7.11 Å². The summed E-state index contributed by atoms with van der Waals surface area (Å²) in [7, 11) is 1.46. The van der Waals surface area contributed by atoms with Crippen LogP contribution in [0.25, 0.3) is 0 Å². The number of aliphatic hydroxyl groups is 2. The number of aliphatic hydroxyl groups excluding tert-OH is 2. The number of rotatable bonds is 16. The van der Waals surface area contributed by atoms with Crippen LogP contribution in [0.3, 0.4) is 0 Å². The standard InChI is InChI=1S/C16H26O4.C6H14O2/c1-6-9-16(10-7-2,14(4)17)11-8-12-20-15(18)13(3)19-5;7-5-3-1-2-4-6-8/h6-7,13H,1-2,8-12H2,3-5H3;7-8H,1-6H2/t13-;/m1./s1. The third-order valence-corrected chi connectivity index (χ3v) is 4.61. The number of methoxy groups -OCH3 is 1. The molecule has 0 bridgehead atoms. The molecule has 0 amide bonds. The maximum Gasteiger partial charge on any atom is 0.334 e. The zero-order valence-corrected chi connectivity index (χ0v) is 18.0. The second-order valence-corrected chi connectivity index (χ2v) is 6.83. The van der Waals surface area contributed by atoms with Gasteiger partial charge in [-0.05, 0) is 52.4 Å². The molecule has 0 spiro atoms. The fourth-order valence-corrected chi connectivity index (χ4v) is 2.68. The van der Waals surface area contributed by atoms with Crippen molar-refractivity contribution >= 4 is 11.8 Å². The first kappa shape index (κ1) is 28.7. The number of ether oxygens (including phenoxy) is 2. The van der Waals surface area contributed by atoms with Crippen LogP contribution in [0, 0.1) is 5.41 Å². The highest BCUT2D eigenvalue weighted by atomic mass is 16.6. The average Bonchev–Trinajstić information content (AvgIpc) is 2.68. The number of hydrogen-bond acceptors (Lipinski definition) is 6. The summed E-state index contributed by atoms with van der Waals surface area (Å²) < 4.78 is 9.97. The highest BCUT2D eigenvalue weighted by Crippen LogP contribution is 2.34. The Labute approximate surface area is 170 Å². The Morgan fingerprint density at radius 1 is 1.00 bits per heavy atom. The zero-order chi connectivity index (χ0) is 21.8. The van der Waals surface area contributed by atoms with Gasteiger partial charge in [0.25, 0.3) is 0 Å². The van der Waals surface area contributed by atoms with Gasteiger partial charge in [-0.15, -0.1) is 13.2 Å².